The molecule has 0 aliphatic carbocycles. The van der Waals surface area contributed by atoms with Crippen molar-refractivity contribution in [2.24, 2.45) is 11.3 Å². The summed E-state index contributed by atoms with van der Waals surface area (Å²) in [5.41, 5.74) is 0.00295. The second kappa shape index (κ2) is 15.7. The minimum Gasteiger partial charge on any atom is -0.478 e. The summed E-state index contributed by atoms with van der Waals surface area (Å²) >= 11 is 0. The van der Waals surface area contributed by atoms with E-state index in [1.807, 2.05) is 13.8 Å². The van der Waals surface area contributed by atoms with Gasteiger partial charge in [0.25, 0.3) is 0 Å². The van der Waals surface area contributed by atoms with Crippen molar-refractivity contribution >= 4 is 24.1 Å². The number of carbonyl (C=O) groups excluding carboxylic acids is 3. The van der Waals surface area contributed by atoms with Crippen LogP contribution in [-0.4, -0.2) is 61.1 Å². The number of carbonyl (C=O) groups is 4. The maximum Gasteiger partial charge on any atom is 0.407 e. The van der Waals surface area contributed by atoms with Gasteiger partial charge in [-0.15, -0.1) is 0 Å². The van der Waals surface area contributed by atoms with Crippen LogP contribution in [0, 0.1) is 11.3 Å². The van der Waals surface area contributed by atoms with Crippen molar-refractivity contribution in [2.75, 3.05) is 19.7 Å². The zero-order chi connectivity index (χ0) is 26.3. The standard InChI is InChI=1S/C24H40N2O8/c1-8-20(27)32-14-19(5)34-22(30)25-12-11-16(2)13-24(6,7)15-26-23(31)33-18(4)10-9-17(3)21(28)29/h8-9,16,18-19H,1,10-15H2,2-7H3,(H,25,30)(H,26,31)(H,28,29). The van der Waals surface area contributed by atoms with Gasteiger partial charge < -0.3 is 30.0 Å². The number of hydrogen-bond donors (Lipinski definition) is 3. The van der Waals surface area contributed by atoms with Gasteiger partial charge in [0.05, 0.1) is 0 Å². The molecule has 3 N–H and O–H groups in total. The highest BCUT2D eigenvalue weighted by molar-refractivity contribution is 5.85. The van der Waals surface area contributed by atoms with Gasteiger partial charge in [-0.25, -0.2) is 19.2 Å². The lowest BCUT2D eigenvalue weighted by Crippen LogP contribution is -2.37. The summed E-state index contributed by atoms with van der Waals surface area (Å²) < 4.78 is 15.2. The minimum absolute atomic E-state index is 0.0459. The van der Waals surface area contributed by atoms with Crippen LogP contribution in [-0.2, 0) is 23.8 Å². The quantitative estimate of drug-likeness (QED) is 0.181. The van der Waals surface area contributed by atoms with E-state index >= 15 is 0 Å². The van der Waals surface area contributed by atoms with Gasteiger partial charge in [0.2, 0.25) is 0 Å². The zero-order valence-electron chi connectivity index (χ0n) is 21.1. The first-order valence-electron chi connectivity index (χ1n) is 11.3. The number of rotatable bonds is 15. The molecule has 194 valence electrons. The van der Waals surface area contributed by atoms with Gasteiger partial charge in [-0.05, 0) is 44.9 Å². The fourth-order valence-corrected chi connectivity index (χ4v) is 3.07. The Morgan fingerprint density at radius 1 is 1.03 bits per heavy atom. The smallest absolute Gasteiger partial charge is 0.407 e. The number of ether oxygens (including phenoxy) is 3. The van der Waals surface area contributed by atoms with Gasteiger partial charge in [-0.3, -0.25) is 0 Å². The average molecular weight is 485 g/mol. The molecule has 10 heteroatoms. The van der Waals surface area contributed by atoms with Crippen molar-refractivity contribution in [3.05, 3.63) is 24.3 Å². The molecule has 0 rings (SSSR count). The zero-order valence-corrected chi connectivity index (χ0v) is 21.1. The van der Waals surface area contributed by atoms with E-state index in [1.54, 1.807) is 13.8 Å². The Bertz CT molecular complexity index is 732. The summed E-state index contributed by atoms with van der Waals surface area (Å²) in [6.07, 6.45) is 2.24. The summed E-state index contributed by atoms with van der Waals surface area (Å²) in [4.78, 5) is 45.7. The molecule has 3 atom stereocenters. The number of carboxylic acid groups (broad SMARTS) is 1. The van der Waals surface area contributed by atoms with E-state index in [2.05, 4.69) is 24.1 Å². The molecule has 0 saturated carbocycles. The van der Waals surface area contributed by atoms with E-state index < -0.39 is 36.3 Å². The van der Waals surface area contributed by atoms with Crippen LogP contribution in [0.3, 0.4) is 0 Å². The van der Waals surface area contributed by atoms with E-state index in [9.17, 15) is 19.2 Å². The maximum atomic E-state index is 12.0. The van der Waals surface area contributed by atoms with Crippen molar-refractivity contribution < 1.29 is 38.5 Å². The first kappa shape index (κ1) is 31.0. The third kappa shape index (κ3) is 15.7. The molecule has 0 aliphatic rings. The second-order valence-corrected chi connectivity index (χ2v) is 9.24. The predicted molar refractivity (Wildman–Crippen MR) is 127 cm³/mol. The summed E-state index contributed by atoms with van der Waals surface area (Å²) in [7, 11) is 0. The van der Waals surface area contributed by atoms with E-state index in [4.69, 9.17) is 19.3 Å². The minimum atomic E-state index is -0.999. The Morgan fingerprint density at radius 2 is 1.62 bits per heavy atom. The van der Waals surface area contributed by atoms with Gasteiger partial charge in [0.15, 0.2) is 0 Å². The summed E-state index contributed by atoms with van der Waals surface area (Å²) in [5, 5.41) is 14.3. The number of aliphatic carboxylic acids is 1. The molecule has 0 aromatic heterocycles. The molecule has 0 heterocycles. The van der Waals surface area contributed by atoms with Gasteiger partial charge in [0, 0.05) is 31.2 Å². The van der Waals surface area contributed by atoms with Gasteiger partial charge in [0.1, 0.15) is 18.8 Å². The van der Waals surface area contributed by atoms with Gasteiger partial charge in [-0.1, -0.05) is 33.4 Å². The molecule has 0 fully saturated rings. The van der Waals surface area contributed by atoms with Crippen LogP contribution in [0.1, 0.15) is 60.8 Å². The molecule has 0 radical (unpaired) electrons. The molecular weight excluding hydrogens is 444 g/mol. The lowest BCUT2D eigenvalue weighted by molar-refractivity contribution is -0.140. The van der Waals surface area contributed by atoms with Crippen molar-refractivity contribution in [1.82, 2.24) is 10.6 Å². The Labute approximate surface area is 202 Å². The van der Waals surface area contributed by atoms with Crippen LogP contribution in [0.4, 0.5) is 9.59 Å². The number of alkyl carbamates (subject to hydrolysis) is 2. The van der Waals surface area contributed by atoms with Crippen molar-refractivity contribution in [2.45, 2.75) is 73.0 Å². The molecule has 0 saturated heterocycles. The number of hydrogen-bond acceptors (Lipinski definition) is 7. The fraction of sp³-hybridized carbons (Fsp3) is 0.667. The van der Waals surface area contributed by atoms with Gasteiger partial charge in [-0.2, -0.15) is 0 Å². The van der Waals surface area contributed by atoms with Crippen molar-refractivity contribution in [1.29, 1.82) is 0 Å². The average Bonchev–Trinajstić information content (AvgIpc) is 2.73. The van der Waals surface area contributed by atoms with E-state index in [-0.39, 0.29) is 23.5 Å². The second-order valence-electron chi connectivity index (χ2n) is 9.24. The first-order valence-corrected chi connectivity index (χ1v) is 11.3. The normalized spacial score (nSPS) is 14.2. The van der Waals surface area contributed by atoms with Crippen molar-refractivity contribution in [3.63, 3.8) is 0 Å². The predicted octanol–water partition coefficient (Wildman–Crippen LogP) is 3.81. The van der Waals surface area contributed by atoms with Crippen LogP contribution >= 0.6 is 0 Å². The SMILES string of the molecule is C=CC(=O)OCC(C)OC(=O)NCCC(C)CC(C)(C)CNC(=O)OC(C)CC=C(C)C(=O)O. The summed E-state index contributed by atoms with van der Waals surface area (Å²) in [6, 6.07) is 0. The lowest BCUT2D eigenvalue weighted by atomic mass is 9.82. The highest BCUT2D eigenvalue weighted by atomic mass is 16.6. The molecule has 0 aromatic carbocycles. The molecule has 34 heavy (non-hydrogen) atoms. The highest BCUT2D eigenvalue weighted by Crippen LogP contribution is 2.26. The molecule has 2 amide bonds. The Balaban J connectivity index is 4.21. The number of amides is 2. The lowest BCUT2D eigenvalue weighted by Gasteiger charge is -2.28. The molecule has 0 bridgehead atoms. The number of esters is 1. The Morgan fingerprint density at radius 3 is 2.21 bits per heavy atom. The van der Waals surface area contributed by atoms with Crippen LogP contribution in [0.5, 0.6) is 0 Å². The summed E-state index contributed by atoms with van der Waals surface area (Å²) in [6.45, 7) is 15.0. The molecule has 3 unspecified atom stereocenters. The number of carboxylic acids is 1. The Hall–Kier alpha value is -3.04. The van der Waals surface area contributed by atoms with Crippen LogP contribution in [0.15, 0.2) is 24.3 Å². The number of nitrogens with one attached hydrogen (secondary N) is 2. The van der Waals surface area contributed by atoms with E-state index in [0.717, 1.165) is 18.9 Å². The fourth-order valence-electron chi connectivity index (χ4n) is 3.07. The molecule has 0 aliphatic heterocycles. The van der Waals surface area contributed by atoms with Crippen molar-refractivity contribution in [3.8, 4) is 0 Å². The highest BCUT2D eigenvalue weighted by Gasteiger charge is 2.23. The molecular formula is C24H40N2O8. The van der Waals surface area contributed by atoms with Gasteiger partial charge >= 0.3 is 24.1 Å². The third-order valence-corrected chi connectivity index (χ3v) is 4.86. The third-order valence-electron chi connectivity index (χ3n) is 4.86. The topological polar surface area (TPSA) is 140 Å². The summed E-state index contributed by atoms with van der Waals surface area (Å²) in [5.74, 6) is -1.31. The molecule has 10 nitrogen and oxygen atoms in total. The monoisotopic (exact) mass is 484 g/mol. The van der Waals surface area contributed by atoms with Crippen LogP contribution in [0.25, 0.3) is 0 Å². The van der Waals surface area contributed by atoms with E-state index in [0.29, 0.717) is 19.5 Å². The first-order chi connectivity index (χ1) is 15.8. The Kier molecular flexibility index (Phi) is 14.3. The maximum absolute atomic E-state index is 12.0. The van der Waals surface area contributed by atoms with E-state index in [1.165, 1.54) is 13.0 Å². The van der Waals surface area contributed by atoms with Crippen LogP contribution in [0.2, 0.25) is 0 Å². The molecule has 0 spiro atoms. The largest absolute Gasteiger partial charge is 0.478 e. The molecule has 0 aromatic rings. The van der Waals surface area contributed by atoms with Crippen LogP contribution < -0.4 is 10.6 Å².